The number of hydrogen-bond acceptors (Lipinski definition) is 2. The third kappa shape index (κ3) is 3.16. The molecule has 2 rings (SSSR count). The van der Waals surface area contributed by atoms with Crippen molar-refractivity contribution in [2.24, 2.45) is 0 Å². The van der Waals surface area contributed by atoms with Gasteiger partial charge in [0.25, 0.3) is 0 Å². The Balaban J connectivity index is 2.11. The lowest BCUT2D eigenvalue weighted by Gasteiger charge is -2.28. The third-order valence-corrected chi connectivity index (χ3v) is 3.60. The molecule has 0 saturated heterocycles. The predicted octanol–water partition coefficient (Wildman–Crippen LogP) is 2.88. The Morgan fingerprint density at radius 1 is 1.06 bits per heavy atom. The first-order valence-corrected chi connectivity index (χ1v) is 6.50. The fourth-order valence-corrected chi connectivity index (χ4v) is 2.55. The van der Waals surface area contributed by atoms with Crippen LogP contribution in [0.4, 0.5) is 0 Å². The summed E-state index contributed by atoms with van der Waals surface area (Å²) in [4.78, 5) is 12.0. The van der Waals surface area contributed by atoms with Crippen LogP contribution in [0.25, 0.3) is 0 Å². The molecule has 2 heteroatoms. The van der Waals surface area contributed by atoms with Crippen LogP contribution in [-0.4, -0.2) is 16.5 Å². The van der Waals surface area contributed by atoms with Gasteiger partial charge in [0.1, 0.15) is 5.60 Å². The van der Waals surface area contributed by atoms with Crippen molar-refractivity contribution >= 4 is 5.78 Å². The number of aliphatic hydroxyl groups is 1. The summed E-state index contributed by atoms with van der Waals surface area (Å²) in [6.45, 7) is 0. The summed E-state index contributed by atoms with van der Waals surface area (Å²) in [5.74, 6) is 0.0288. The molecule has 2 nitrogen and oxygen atoms in total. The lowest BCUT2D eigenvalue weighted by Crippen LogP contribution is -2.41. The maximum absolute atomic E-state index is 12.0. The van der Waals surface area contributed by atoms with E-state index in [9.17, 15) is 9.90 Å². The average Bonchev–Trinajstić information content (AvgIpc) is 2.33. The summed E-state index contributed by atoms with van der Waals surface area (Å²) < 4.78 is 0. The predicted molar refractivity (Wildman–Crippen MR) is 67.8 cm³/mol. The van der Waals surface area contributed by atoms with Crippen LogP contribution in [0.5, 0.6) is 0 Å². The SMILES string of the molecule is O=C1CCCCCC[C@@]1(O)Cc1ccccc1. The zero-order chi connectivity index (χ0) is 12.1. The van der Waals surface area contributed by atoms with Crippen molar-refractivity contribution in [3.05, 3.63) is 35.9 Å². The second-order valence-corrected chi connectivity index (χ2v) is 5.03. The quantitative estimate of drug-likeness (QED) is 0.851. The molecule has 0 radical (unpaired) electrons. The van der Waals surface area contributed by atoms with Crippen molar-refractivity contribution in [1.82, 2.24) is 0 Å². The fourth-order valence-electron chi connectivity index (χ4n) is 2.55. The lowest BCUT2D eigenvalue weighted by molar-refractivity contribution is -0.138. The van der Waals surface area contributed by atoms with Crippen molar-refractivity contribution in [1.29, 1.82) is 0 Å². The Hall–Kier alpha value is -1.15. The van der Waals surface area contributed by atoms with Gasteiger partial charge in [-0.15, -0.1) is 0 Å². The molecule has 1 aromatic carbocycles. The highest BCUT2D eigenvalue weighted by atomic mass is 16.3. The summed E-state index contributed by atoms with van der Waals surface area (Å²) in [5, 5.41) is 10.5. The molecule has 0 amide bonds. The van der Waals surface area contributed by atoms with E-state index in [0.29, 0.717) is 19.3 Å². The van der Waals surface area contributed by atoms with Gasteiger partial charge in [-0.2, -0.15) is 0 Å². The Kier molecular flexibility index (Phi) is 3.95. The maximum Gasteiger partial charge on any atom is 0.164 e. The van der Waals surface area contributed by atoms with Crippen molar-refractivity contribution in [2.75, 3.05) is 0 Å². The van der Waals surface area contributed by atoms with E-state index < -0.39 is 5.60 Å². The number of carbonyl (C=O) groups excluding carboxylic acids is 1. The average molecular weight is 232 g/mol. The van der Waals surface area contributed by atoms with Crippen molar-refractivity contribution in [3.8, 4) is 0 Å². The number of ketones is 1. The van der Waals surface area contributed by atoms with Crippen LogP contribution in [0.2, 0.25) is 0 Å². The van der Waals surface area contributed by atoms with Crippen LogP contribution in [0, 0.1) is 0 Å². The molecule has 1 N–H and O–H groups in total. The first-order chi connectivity index (χ1) is 8.21. The number of hydrogen-bond donors (Lipinski definition) is 1. The van der Waals surface area contributed by atoms with Gasteiger partial charge >= 0.3 is 0 Å². The van der Waals surface area contributed by atoms with Crippen LogP contribution in [0.1, 0.15) is 44.1 Å². The van der Waals surface area contributed by atoms with Crippen LogP contribution in [-0.2, 0) is 11.2 Å². The molecule has 1 aliphatic carbocycles. The Labute approximate surface area is 103 Å². The fraction of sp³-hybridized carbons (Fsp3) is 0.533. The largest absolute Gasteiger partial charge is 0.382 e. The molecule has 0 spiro atoms. The minimum Gasteiger partial charge on any atom is -0.382 e. The summed E-state index contributed by atoms with van der Waals surface area (Å²) in [6, 6.07) is 9.81. The number of rotatable bonds is 2. The second kappa shape index (κ2) is 5.46. The zero-order valence-corrected chi connectivity index (χ0v) is 10.2. The molecule has 1 saturated carbocycles. The van der Waals surface area contributed by atoms with Crippen LogP contribution in [0.15, 0.2) is 30.3 Å². The van der Waals surface area contributed by atoms with Gasteiger partial charge in [-0.05, 0) is 18.4 Å². The molecule has 0 unspecified atom stereocenters. The molecule has 1 aliphatic rings. The first kappa shape index (κ1) is 12.3. The topological polar surface area (TPSA) is 37.3 Å². The normalized spacial score (nSPS) is 26.3. The Morgan fingerprint density at radius 2 is 1.76 bits per heavy atom. The zero-order valence-electron chi connectivity index (χ0n) is 10.2. The number of carbonyl (C=O) groups is 1. The second-order valence-electron chi connectivity index (χ2n) is 5.03. The molecule has 92 valence electrons. The van der Waals surface area contributed by atoms with E-state index in [1.165, 1.54) is 0 Å². The minimum atomic E-state index is -1.12. The van der Waals surface area contributed by atoms with E-state index in [-0.39, 0.29) is 5.78 Å². The first-order valence-electron chi connectivity index (χ1n) is 6.50. The van der Waals surface area contributed by atoms with Gasteiger partial charge in [0.15, 0.2) is 5.78 Å². The highest BCUT2D eigenvalue weighted by molar-refractivity contribution is 5.87. The number of Topliss-reactive ketones (excluding diaryl/α,β-unsaturated/α-hetero) is 1. The molecular weight excluding hydrogens is 212 g/mol. The van der Waals surface area contributed by atoms with Gasteiger partial charge in [0.2, 0.25) is 0 Å². The standard InChI is InChI=1S/C15H20O2/c16-14-10-6-1-2-7-11-15(14,17)12-13-8-4-3-5-9-13/h3-5,8-9,17H,1-2,6-7,10-12H2/t15-/m1/s1. The molecule has 0 aliphatic heterocycles. The molecule has 1 atom stereocenters. The molecule has 1 fully saturated rings. The van der Waals surface area contributed by atoms with Crippen LogP contribution in [0.3, 0.4) is 0 Å². The van der Waals surface area contributed by atoms with Gasteiger partial charge in [0, 0.05) is 12.8 Å². The summed E-state index contributed by atoms with van der Waals surface area (Å²) in [5.41, 5.74) is -0.0779. The molecule has 0 heterocycles. The molecule has 0 bridgehead atoms. The van der Waals surface area contributed by atoms with Gasteiger partial charge in [-0.3, -0.25) is 4.79 Å². The van der Waals surface area contributed by atoms with Crippen molar-refractivity contribution in [2.45, 2.75) is 50.5 Å². The molecule has 17 heavy (non-hydrogen) atoms. The van der Waals surface area contributed by atoms with E-state index in [1.807, 2.05) is 30.3 Å². The maximum atomic E-state index is 12.0. The molecular formula is C15H20O2. The van der Waals surface area contributed by atoms with Crippen LogP contribution >= 0.6 is 0 Å². The number of benzene rings is 1. The molecule has 0 aromatic heterocycles. The Morgan fingerprint density at radius 3 is 2.53 bits per heavy atom. The van der Waals surface area contributed by atoms with Crippen LogP contribution < -0.4 is 0 Å². The highest BCUT2D eigenvalue weighted by Crippen LogP contribution is 2.26. The van der Waals surface area contributed by atoms with Gasteiger partial charge in [0.05, 0.1) is 0 Å². The van der Waals surface area contributed by atoms with Crippen molar-refractivity contribution in [3.63, 3.8) is 0 Å². The highest BCUT2D eigenvalue weighted by Gasteiger charge is 2.35. The summed E-state index contributed by atoms with van der Waals surface area (Å²) in [7, 11) is 0. The van der Waals surface area contributed by atoms with Gasteiger partial charge in [-0.1, -0.05) is 49.6 Å². The summed E-state index contributed by atoms with van der Waals surface area (Å²) >= 11 is 0. The van der Waals surface area contributed by atoms with E-state index >= 15 is 0 Å². The molecule has 1 aromatic rings. The van der Waals surface area contributed by atoms with E-state index in [1.54, 1.807) is 0 Å². The van der Waals surface area contributed by atoms with Gasteiger partial charge < -0.3 is 5.11 Å². The smallest absolute Gasteiger partial charge is 0.164 e. The van der Waals surface area contributed by atoms with Crippen molar-refractivity contribution < 1.29 is 9.90 Å². The Bertz CT molecular complexity index is 372. The summed E-state index contributed by atoms with van der Waals surface area (Å²) in [6.07, 6.45) is 5.74. The monoisotopic (exact) mass is 232 g/mol. The van der Waals surface area contributed by atoms with E-state index in [4.69, 9.17) is 0 Å². The minimum absolute atomic E-state index is 0.0288. The van der Waals surface area contributed by atoms with E-state index in [0.717, 1.165) is 31.2 Å². The van der Waals surface area contributed by atoms with Gasteiger partial charge in [-0.25, -0.2) is 0 Å². The lowest BCUT2D eigenvalue weighted by atomic mass is 9.81. The third-order valence-electron chi connectivity index (χ3n) is 3.60. The van der Waals surface area contributed by atoms with E-state index in [2.05, 4.69) is 0 Å².